The van der Waals surface area contributed by atoms with Gasteiger partial charge in [-0.05, 0) is 45.1 Å². The van der Waals surface area contributed by atoms with E-state index in [9.17, 15) is 4.79 Å². The lowest BCUT2D eigenvalue weighted by atomic mass is 9.97. The van der Waals surface area contributed by atoms with Crippen molar-refractivity contribution in [2.75, 3.05) is 6.54 Å². The standard InChI is InChI=1S/C14H21N3O/c1-11-10-13(17(2)16-11)14(18)15-9-8-12-6-4-3-5-7-12/h6,10H,3-5,7-9H2,1-2H3,(H,15,18). The molecule has 0 bridgehead atoms. The second-order valence-electron chi connectivity index (χ2n) is 4.91. The molecule has 1 aromatic rings. The van der Waals surface area contributed by atoms with Gasteiger partial charge in [-0.2, -0.15) is 5.10 Å². The highest BCUT2D eigenvalue weighted by atomic mass is 16.2. The molecule has 0 aromatic carbocycles. The summed E-state index contributed by atoms with van der Waals surface area (Å²) in [5.41, 5.74) is 2.99. The minimum atomic E-state index is -0.0329. The third-order valence-corrected chi connectivity index (χ3v) is 3.35. The molecule has 0 atom stereocenters. The Kier molecular flexibility index (Phi) is 4.18. The Morgan fingerprint density at radius 1 is 1.50 bits per heavy atom. The number of hydrogen-bond donors (Lipinski definition) is 1. The van der Waals surface area contributed by atoms with E-state index in [4.69, 9.17) is 0 Å². The molecular weight excluding hydrogens is 226 g/mol. The van der Waals surface area contributed by atoms with E-state index in [0.29, 0.717) is 5.69 Å². The molecule has 0 aliphatic heterocycles. The number of hydrogen-bond acceptors (Lipinski definition) is 2. The zero-order valence-corrected chi connectivity index (χ0v) is 11.2. The summed E-state index contributed by atoms with van der Waals surface area (Å²) in [4.78, 5) is 11.9. The highest BCUT2D eigenvalue weighted by Crippen LogP contribution is 2.19. The van der Waals surface area contributed by atoms with Gasteiger partial charge in [0.2, 0.25) is 0 Å². The maximum absolute atomic E-state index is 11.9. The van der Waals surface area contributed by atoms with Crippen LogP contribution in [0.2, 0.25) is 0 Å². The molecule has 1 aromatic heterocycles. The Balaban J connectivity index is 1.81. The summed E-state index contributed by atoms with van der Waals surface area (Å²) < 4.78 is 1.63. The van der Waals surface area contributed by atoms with Crippen LogP contribution in [0.5, 0.6) is 0 Å². The van der Waals surface area contributed by atoms with Crippen molar-refractivity contribution in [1.29, 1.82) is 0 Å². The van der Waals surface area contributed by atoms with Gasteiger partial charge in [0.1, 0.15) is 5.69 Å². The summed E-state index contributed by atoms with van der Waals surface area (Å²) in [5.74, 6) is -0.0329. The number of aryl methyl sites for hydroxylation is 2. The largest absolute Gasteiger partial charge is 0.350 e. The minimum absolute atomic E-state index is 0.0329. The highest BCUT2D eigenvalue weighted by Gasteiger charge is 2.11. The van der Waals surface area contributed by atoms with Crippen molar-refractivity contribution in [3.63, 3.8) is 0 Å². The number of rotatable bonds is 4. The van der Waals surface area contributed by atoms with Gasteiger partial charge in [0.25, 0.3) is 5.91 Å². The van der Waals surface area contributed by atoms with E-state index < -0.39 is 0 Å². The van der Waals surface area contributed by atoms with Gasteiger partial charge in [-0.25, -0.2) is 0 Å². The van der Waals surface area contributed by atoms with Crippen molar-refractivity contribution in [3.05, 3.63) is 29.1 Å². The molecular formula is C14H21N3O. The topological polar surface area (TPSA) is 46.9 Å². The Labute approximate surface area is 108 Å². The van der Waals surface area contributed by atoms with Crippen molar-refractivity contribution >= 4 is 5.91 Å². The lowest BCUT2D eigenvalue weighted by Gasteiger charge is -2.12. The van der Waals surface area contributed by atoms with Gasteiger partial charge in [-0.3, -0.25) is 9.48 Å². The average molecular weight is 247 g/mol. The fraction of sp³-hybridized carbons (Fsp3) is 0.571. The predicted octanol–water partition coefficient (Wildman–Crippen LogP) is 2.35. The molecule has 4 heteroatoms. The second-order valence-corrected chi connectivity index (χ2v) is 4.91. The Morgan fingerprint density at radius 2 is 2.33 bits per heavy atom. The summed E-state index contributed by atoms with van der Waals surface area (Å²) in [6, 6.07) is 1.81. The fourth-order valence-electron chi connectivity index (χ4n) is 2.38. The maximum Gasteiger partial charge on any atom is 0.269 e. The van der Waals surface area contributed by atoms with Crippen LogP contribution < -0.4 is 5.32 Å². The molecule has 0 fully saturated rings. The number of allylic oxidation sites excluding steroid dienone is 1. The molecule has 1 aliphatic carbocycles. The molecule has 1 amide bonds. The summed E-state index contributed by atoms with van der Waals surface area (Å²) in [7, 11) is 1.80. The Bertz CT molecular complexity index is 460. The first-order valence-corrected chi connectivity index (χ1v) is 6.63. The smallest absolute Gasteiger partial charge is 0.269 e. The molecule has 0 saturated carbocycles. The number of amides is 1. The van der Waals surface area contributed by atoms with Crippen molar-refractivity contribution in [1.82, 2.24) is 15.1 Å². The molecule has 4 nitrogen and oxygen atoms in total. The van der Waals surface area contributed by atoms with Crippen LogP contribution in [0.25, 0.3) is 0 Å². The first kappa shape index (κ1) is 12.9. The normalized spacial score (nSPS) is 15.3. The average Bonchev–Trinajstić information content (AvgIpc) is 2.70. The Morgan fingerprint density at radius 3 is 2.94 bits per heavy atom. The van der Waals surface area contributed by atoms with E-state index >= 15 is 0 Å². The summed E-state index contributed by atoms with van der Waals surface area (Å²) in [5, 5.41) is 7.13. The van der Waals surface area contributed by atoms with Crippen molar-refractivity contribution in [2.45, 2.75) is 39.0 Å². The molecule has 0 unspecified atom stereocenters. The Hall–Kier alpha value is -1.58. The van der Waals surface area contributed by atoms with Crippen LogP contribution in [0.3, 0.4) is 0 Å². The number of nitrogens with one attached hydrogen (secondary N) is 1. The van der Waals surface area contributed by atoms with E-state index in [1.807, 2.05) is 13.0 Å². The van der Waals surface area contributed by atoms with Crippen molar-refractivity contribution in [2.24, 2.45) is 7.05 Å². The predicted molar refractivity (Wildman–Crippen MR) is 71.4 cm³/mol. The van der Waals surface area contributed by atoms with Crippen LogP contribution in [0, 0.1) is 6.92 Å². The van der Waals surface area contributed by atoms with E-state index in [2.05, 4.69) is 16.5 Å². The van der Waals surface area contributed by atoms with Crippen LogP contribution in [-0.4, -0.2) is 22.2 Å². The molecule has 1 aliphatic rings. The van der Waals surface area contributed by atoms with E-state index in [1.54, 1.807) is 11.7 Å². The van der Waals surface area contributed by atoms with Gasteiger partial charge in [-0.15, -0.1) is 0 Å². The first-order chi connectivity index (χ1) is 8.66. The van der Waals surface area contributed by atoms with Crippen LogP contribution in [0.15, 0.2) is 17.7 Å². The summed E-state index contributed by atoms with van der Waals surface area (Å²) in [6.45, 7) is 2.61. The molecule has 2 rings (SSSR count). The summed E-state index contributed by atoms with van der Waals surface area (Å²) in [6.07, 6.45) is 8.29. The summed E-state index contributed by atoms with van der Waals surface area (Å²) >= 11 is 0. The van der Waals surface area contributed by atoms with Crippen LogP contribution in [0.1, 0.15) is 48.3 Å². The van der Waals surface area contributed by atoms with Crippen molar-refractivity contribution in [3.8, 4) is 0 Å². The van der Waals surface area contributed by atoms with Gasteiger partial charge >= 0.3 is 0 Å². The number of carbonyl (C=O) groups is 1. The molecule has 98 valence electrons. The number of carbonyl (C=O) groups excluding carboxylic acids is 1. The quantitative estimate of drug-likeness (QED) is 0.830. The SMILES string of the molecule is Cc1cc(C(=O)NCCC2=CCCCC2)n(C)n1. The van der Waals surface area contributed by atoms with Crippen molar-refractivity contribution < 1.29 is 4.79 Å². The zero-order valence-electron chi connectivity index (χ0n) is 11.2. The van der Waals surface area contributed by atoms with Gasteiger partial charge < -0.3 is 5.32 Å². The fourth-order valence-corrected chi connectivity index (χ4v) is 2.38. The van der Waals surface area contributed by atoms with Crippen LogP contribution >= 0.6 is 0 Å². The lowest BCUT2D eigenvalue weighted by Crippen LogP contribution is -2.26. The van der Waals surface area contributed by atoms with E-state index in [1.165, 1.54) is 31.3 Å². The second kappa shape index (κ2) is 5.85. The third kappa shape index (κ3) is 3.22. The minimum Gasteiger partial charge on any atom is -0.350 e. The zero-order chi connectivity index (χ0) is 13.0. The highest BCUT2D eigenvalue weighted by molar-refractivity contribution is 5.92. The lowest BCUT2D eigenvalue weighted by molar-refractivity contribution is 0.0944. The maximum atomic E-state index is 11.9. The molecule has 1 N–H and O–H groups in total. The van der Waals surface area contributed by atoms with Gasteiger partial charge in [0.15, 0.2) is 0 Å². The van der Waals surface area contributed by atoms with Gasteiger partial charge in [0, 0.05) is 13.6 Å². The van der Waals surface area contributed by atoms with E-state index in [-0.39, 0.29) is 5.91 Å². The van der Waals surface area contributed by atoms with Crippen LogP contribution in [0.4, 0.5) is 0 Å². The third-order valence-electron chi connectivity index (χ3n) is 3.35. The van der Waals surface area contributed by atoms with Crippen LogP contribution in [-0.2, 0) is 7.05 Å². The molecule has 0 radical (unpaired) electrons. The molecule has 0 saturated heterocycles. The monoisotopic (exact) mass is 247 g/mol. The molecule has 18 heavy (non-hydrogen) atoms. The van der Waals surface area contributed by atoms with Gasteiger partial charge in [0.05, 0.1) is 5.69 Å². The molecule has 1 heterocycles. The number of nitrogens with zero attached hydrogens (tertiary/aromatic N) is 2. The van der Waals surface area contributed by atoms with E-state index in [0.717, 1.165) is 18.7 Å². The van der Waals surface area contributed by atoms with Gasteiger partial charge in [-0.1, -0.05) is 11.6 Å². The number of aromatic nitrogens is 2. The molecule has 0 spiro atoms. The first-order valence-electron chi connectivity index (χ1n) is 6.63.